The number of benzene rings is 1. The molecule has 1 atom stereocenters. The molecule has 0 spiro atoms. The van der Waals surface area contributed by atoms with Crippen molar-refractivity contribution in [2.45, 2.75) is 26.8 Å². The first-order valence-electron chi connectivity index (χ1n) is 6.63. The van der Waals surface area contributed by atoms with E-state index in [0.29, 0.717) is 12.1 Å². The van der Waals surface area contributed by atoms with Crippen molar-refractivity contribution in [1.82, 2.24) is 10.3 Å². The first kappa shape index (κ1) is 14.6. The van der Waals surface area contributed by atoms with E-state index < -0.39 is 11.6 Å². The highest BCUT2D eigenvalue weighted by atomic mass is 19.1. The molecule has 1 N–H and O–H groups in total. The second-order valence-corrected chi connectivity index (χ2v) is 4.91. The fourth-order valence-electron chi connectivity index (χ4n) is 2.35. The first-order valence-corrected chi connectivity index (χ1v) is 6.63. The molecule has 1 aromatic heterocycles. The molecule has 0 saturated heterocycles. The molecule has 1 unspecified atom stereocenters. The lowest BCUT2D eigenvalue weighted by atomic mass is 9.99. The molecule has 0 saturated carbocycles. The van der Waals surface area contributed by atoms with E-state index in [1.807, 2.05) is 26.8 Å². The number of aromatic nitrogens is 1. The summed E-state index contributed by atoms with van der Waals surface area (Å²) in [5.74, 6) is -1.15. The summed E-state index contributed by atoms with van der Waals surface area (Å²) in [4.78, 5) is 4.43. The summed E-state index contributed by atoms with van der Waals surface area (Å²) in [5, 5.41) is 3.23. The Balaban J connectivity index is 2.49. The number of aryl methyl sites for hydroxylation is 2. The van der Waals surface area contributed by atoms with Crippen LogP contribution in [0.2, 0.25) is 0 Å². The topological polar surface area (TPSA) is 24.9 Å². The third-order valence-electron chi connectivity index (χ3n) is 3.16. The van der Waals surface area contributed by atoms with Gasteiger partial charge in [-0.1, -0.05) is 13.0 Å². The van der Waals surface area contributed by atoms with Crippen molar-refractivity contribution in [1.29, 1.82) is 0 Å². The lowest BCUT2D eigenvalue weighted by Gasteiger charge is -2.20. The highest BCUT2D eigenvalue weighted by Gasteiger charge is 2.18. The minimum absolute atomic E-state index is 0.314. The van der Waals surface area contributed by atoms with Crippen LogP contribution in [0, 0.1) is 25.5 Å². The number of halogens is 2. The molecule has 2 aromatic rings. The number of hydrogen-bond donors (Lipinski definition) is 1. The second-order valence-electron chi connectivity index (χ2n) is 4.91. The number of nitrogens with zero attached hydrogens (tertiary/aromatic N) is 1. The normalized spacial score (nSPS) is 12.4. The molecule has 0 aliphatic heterocycles. The number of hydrogen-bond acceptors (Lipinski definition) is 2. The van der Waals surface area contributed by atoms with E-state index in [1.54, 1.807) is 6.20 Å². The monoisotopic (exact) mass is 276 g/mol. The summed E-state index contributed by atoms with van der Waals surface area (Å²) in [6.07, 6.45) is 1.77. The Bertz CT molecular complexity index is 591. The maximum atomic E-state index is 13.4. The zero-order valence-corrected chi connectivity index (χ0v) is 11.9. The average molecular weight is 276 g/mol. The van der Waals surface area contributed by atoms with Gasteiger partial charge >= 0.3 is 0 Å². The van der Waals surface area contributed by atoms with Gasteiger partial charge in [-0.05, 0) is 49.2 Å². The molecule has 0 radical (unpaired) electrons. The van der Waals surface area contributed by atoms with Gasteiger partial charge in [-0.2, -0.15) is 0 Å². The quantitative estimate of drug-likeness (QED) is 0.921. The Hall–Kier alpha value is -1.81. The van der Waals surface area contributed by atoms with Crippen molar-refractivity contribution >= 4 is 0 Å². The van der Waals surface area contributed by atoms with Gasteiger partial charge in [0.2, 0.25) is 0 Å². The molecule has 106 valence electrons. The molecule has 2 nitrogen and oxygen atoms in total. The maximum Gasteiger partial charge on any atom is 0.126 e. The minimum atomic E-state index is -0.576. The van der Waals surface area contributed by atoms with Crippen molar-refractivity contribution in [3.8, 4) is 0 Å². The van der Waals surface area contributed by atoms with E-state index in [1.165, 1.54) is 12.1 Å². The van der Waals surface area contributed by atoms with Gasteiger partial charge in [0.25, 0.3) is 0 Å². The molecule has 0 aliphatic carbocycles. The van der Waals surface area contributed by atoms with Gasteiger partial charge in [-0.3, -0.25) is 4.98 Å². The van der Waals surface area contributed by atoms with E-state index in [9.17, 15) is 8.78 Å². The smallest absolute Gasteiger partial charge is 0.126 e. The lowest BCUT2D eigenvalue weighted by Crippen LogP contribution is -2.24. The highest BCUT2D eigenvalue weighted by Crippen LogP contribution is 2.25. The molecule has 4 heteroatoms. The summed E-state index contributed by atoms with van der Waals surface area (Å²) in [6.45, 7) is 6.55. The van der Waals surface area contributed by atoms with Gasteiger partial charge in [0, 0.05) is 12.3 Å². The van der Waals surface area contributed by atoms with Gasteiger partial charge in [0.15, 0.2) is 0 Å². The zero-order chi connectivity index (χ0) is 14.7. The van der Waals surface area contributed by atoms with Gasteiger partial charge in [-0.25, -0.2) is 8.78 Å². The number of pyridine rings is 1. The largest absolute Gasteiger partial charge is 0.305 e. The summed E-state index contributed by atoms with van der Waals surface area (Å²) in [6, 6.07) is 5.27. The predicted octanol–water partition coefficient (Wildman–Crippen LogP) is 3.68. The summed E-state index contributed by atoms with van der Waals surface area (Å²) < 4.78 is 26.8. The molecule has 2 rings (SSSR count). The molecule has 0 bridgehead atoms. The predicted molar refractivity (Wildman–Crippen MR) is 75.6 cm³/mol. The first-order chi connectivity index (χ1) is 9.51. The van der Waals surface area contributed by atoms with E-state index in [0.717, 1.165) is 22.9 Å². The van der Waals surface area contributed by atoms with Gasteiger partial charge in [-0.15, -0.1) is 0 Å². The second kappa shape index (κ2) is 6.09. The third kappa shape index (κ3) is 3.20. The molecular formula is C16H18F2N2. The van der Waals surface area contributed by atoms with Crippen LogP contribution in [0.3, 0.4) is 0 Å². The minimum Gasteiger partial charge on any atom is -0.305 e. The Labute approximate surface area is 117 Å². The van der Waals surface area contributed by atoms with Crippen LogP contribution in [0.25, 0.3) is 0 Å². The molecule has 0 fully saturated rings. The molecule has 0 amide bonds. The fourth-order valence-corrected chi connectivity index (χ4v) is 2.35. The summed E-state index contributed by atoms with van der Waals surface area (Å²) >= 11 is 0. The van der Waals surface area contributed by atoms with Crippen molar-refractivity contribution in [3.63, 3.8) is 0 Å². The van der Waals surface area contributed by atoms with Crippen molar-refractivity contribution in [2.75, 3.05) is 6.54 Å². The Morgan fingerprint density at radius 2 is 1.75 bits per heavy atom. The molecular weight excluding hydrogens is 258 g/mol. The standard InChI is InChI=1S/C16H18F2N2/c1-4-19-16(12-6-13(17)8-14(18)7-12)15-11(3)5-10(2)9-20-15/h5-9,16,19H,4H2,1-3H3. The summed E-state index contributed by atoms with van der Waals surface area (Å²) in [5.41, 5.74) is 3.40. The average Bonchev–Trinajstić information content (AvgIpc) is 2.35. The van der Waals surface area contributed by atoms with Gasteiger partial charge in [0.1, 0.15) is 11.6 Å². The van der Waals surface area contributed by atoms with Crippen LogP contribution in [-0.4, -0.2) is 11.5 Å². The van der Waals surface area contributed by atoms with E-state index >= 15 is 0 Å². The Morgan fingerprint density at radius 3 is 2.30 bits per heavy atom. The maximum absolute atomic E-state index is 13.4. The Morgan fingerprint density at radius 1 is 1.10 bits per heavy atom. The highest BCUT2D eigenvalue weighted by molar-refractivity contribution is 5.34. The number of rotatable bonds is 4. The summed E-state index contributed by atoms with van der Waals surface area (Å²) in [7, 11) is 0. The van der Waals surface area contributed by atoms with Crippen LogP contribution in [0.1, 0.15) is 35.3 Å². The van der Waals surface area contributed by atoms with Gasteiger partial charge in [0.05, 0.1) is 11.7 Å². The number of nitrogens with one attached hydrogen (secondary N) is 1. The van der Waals surface area contributed by atoms with Crippen molar-refractivity contribution in [2.24, 2.45) is 0 Å². The van der Waals surface area contributed by atoms with E-state index in [-0.39, 0.29) is 6.04 Å². The van der Waals surface area contributed by atoms with Crippen molar-refractivity contribution < 1.29 is 8.78 Å². The molecule has 0 aliphatic rings. The van der Waals surface area contributed by atoms with Crippen LogP contribution >= 0.6 is 0 Å². The van der Waals surface area contributed by atoms with Crippen LogP contribution in [0.4, 0.5) is 8.78 Å². The Kier molecular flexibility index (Phi) is 4.45. The molecule has 1 heterocycles. The van der Waals surface area contributed by atoms with Crippen LogP contribution < -0.4 is 5.32 Å². The molecule has 1 aromatic carbocycles. The van der Waals surface area contributed by atoms with Crippen LogP contribution in [0.15, 0.2) is 30.5 Å². The zero-order valence-electron chi connectivity index (χ0n) is 11.9. The molecule has 20 heavy (non-hydrogen) atoms. The lowest BCUT2D eigenvalue weighted by molar-refractivity contribution is 0.561. The van der Waals surface area contributed by atoms with E-state index in [4.69, 9.17) is 0 Å². The van der Waals surface area contributed by atoms with Crippen LogP contribution in [-0.2, 0) is 0 Å². The van der Waals surface area contributed by atoms with E-state index in [2.05, 4.69) is 10.3 Å². The SMILES string of the molecule is CCNC(c1cc(F)cc(F)c1)c1ncc(C)cc1C. The van der Waals surface area contributed by atoms with Crippen molar-refractivity contribution in [3.05, 3.63) is 64.5 Å². The van der Waals surface area contributed by atoms with Crippen LogP contribution in [0.5, 0.6) is 0 Å². The third-order valence-corrected chi connectivity index (χ3v) is 3.16. The fraction of sp³-hybridized carbons (Fsp3) is 0.312. The van der Waals surface area contributed by atoms with Gasteiger partial charge < -0.3 is 5.32 Å².